The van der Waals surface area contributed by atoms with Crippen LogP contribution in [0.2, 0.25) is 0 Å². The first-order valence-corrected chi connectivity index (χ1v) is 11.2. The Morgan fingerprint density at radius 2 is 1.87 bits per heavy atom. The van der Waals surface area contributed by atoms with Gasteiger partial charge in [0.1, 0.15) is 13.2 Å². The summed E-state index contributed by atoms with van der Waals surface area (Å²) in [6.45, 7) is 4.17. The molecular formula is C21H26N2O6S. The summed E-state index contributed by atoms with van der Waals surface area (Å²) in [5.74, 6) is 1.15. The molecule has 0 saturated carbocycles. The third-order valence-corrected chi connectivity index (χ3v) is 6.16. The van der Waals surface area contributed by atoms with Gasteiger partial charge < -0.3 is 19.1 Å². The molecule has 162 valence electrons. The number of hydrogen-bond acceptors (Lipinski definition) is 6. The first-order valence-electron chi connectivity index (χ1n) is 9.71. The molecule has 0 radical (unpaired) electrons. The molecule has 0 spiro atoms. The molecule has 0 aliphatic carbocycles. The number of nitrogens with one attached hydrogen (secondary N) is 1. The number of para-hydroxylation sites is 1. The first-order chi connectivity index (χ1) is 14.5. The fourth-order valence-corrected chi connectivity index (χ4v) is 4.13. The van der Waals surface area contributed by atoms with Crippen molar-refractivity contribution in [3.63, 3.8) is 0 Å². The number of carbonyl (C=O) groups excluding carboxylic acids is 1. The third kappa shape index (κ3) is 5.10. The van der Waals surface area contributed by atoms with Crippen LogP contribution in [0.25, 0.3) is 0 Å². The van der Waals surface area contributed by atoms with Gasteiger partial charge in [-0.3, -0.25) is 4.79 Å². The van der Waals surface area contributed by atoms with Gasteiger partial charge in [-0.15, -0.1) is 0 Å². The Kier molecular flexibility index (Phi) is 7.30. The smallest absolute Gasteiger partial charge is 0.254 e. The van der Waals surface area contributed by atoms with Gasteiger partial charge in [0.2, 0.25) is 10.0 Å². The fraction of sp³-hybridized carbons (Fsp3) is 0.381. The van der Waals surface area contributed by atoms with Gasteiger partial charge in [-0.05, 0) is 37.3 Å². The van der Waals surface area contributed by atoms with E-state index >= 15 is 0 Å². The molecule has 8 nitrogen and oxygen atoms in total. The van der Waals surface area contributed by atoms with E-state index in [4.69, 9.17) is 14.2 Å². The lowest BCUT2D eigenvalue weighted by Gasteiger charge is -2.25. The van der Waals surface area contributed by atoms with E-state index in [1.165, 1.54) is 31.4 Å². The van der Waals surface area contributed by atoms with Crippen LogP contribution in [-0.2, 0) is 21.3 Å². The number of methoxy groups -OCH3 is 1. The third-order valence-electron chi connectivity index (χ3n) is 4.69. The maximum absolute atomic E-state index is 13.0. The van der Waals surface area contributed by atoms with Crippen LogP contribution < -0.4 is 14.2 Å². The summed E-state index contributed by atoms with van der Waals surface area (Å²) in [5, 5.41) is 0. The Bertz CT molecular complexity index is 975. The summed E-state index contributed by atoms with van der Waals surface area (Å²) in [4.78, 5) is 14.8. The number of hydrogen-bond donors (Lipinski definition) is 1. The largest absolute Gasteiger partial charge is 0.486 e. The summed E-state index contributed by atoms with van der Waals surface area (Å²) < 4.78 is 43.2. The van der Waals surface area contributed by atoms with E-state index in [1.807, 2.05) is 25.1 Å². The van der Waals surface area contributed by atoms with E-state index in [1.54, 1.807) is 4.90 Å². The Morgan fingerprint density at radius 3 is 2.57 bits per heavy atom. The van der Waals surface area contributed by atoms with Gasteiger partial charge in [0.05, 0.1) is 11.5 Å². The molecule has 3 rings (SSSR count). The number of carbonyl (C=O) groups is 1. The van der Waals surface area contributed by atoms with Gasteiger partial charge >= 0.3 is 0 Å². The van der Waals surface area contributed by atoms with Crippen molar-refractivity contribution in [3.8, 4) is 11.5 Å². The zero-order valence-corrected chi connectivity index (χ0v) is 17.9. The highest BCUT2D eigenvalue weighted by atomic mass is 32.2. The molecule has 1 aliphatic rings. The molecule has 0 aromatic heterocycles. The van der Waals surface area contributed by atoms with Crippen LogP contribution in [0.5, 0.6) is 11.5 Å². The maximum Gasteiger partial charge on any atom is 0.254 e. The lowest BCUT2D eigenvalue weighted by Crippen LogP contribution is -2.31. The average Bonchev–Trinajstić information content (AvgIpc) is 2.77. The van der Waals surface area contributed by atoms with Gasteiger partial charge in [0.25, 0.3) is 5.91 Å². The summed E-state index contributed by atoms with van der Waals surface area (Å²) >= 11 is 0. The molecule has 1 heterocycles. The number of benzene rings is 2. The second-order valence-electron chi connectivity index (χ2n) is 6.68. The number of ether oxygens (including phenoxy) is 3. The molecule has 9 heteroatoms. The van der Waals surface area contributed by atoms with Gasteiger partial charge in [-0.2, -0.15) is 0 Å². The molecule has 30 heavy (non-hydrogen) atoms. The number of sulfonamides is 1. The first kappa shape index (κ1) is 22.1. The van der Waals surface area contributed by atoms with Crippen LogP contribution >= 0.6 is 0 Å². The summed E-state index contributed by atoms with van der Waals surface area (Å²) in [5.41, 5.74) is 1.28. The van der Waals surface area contributed by atoms with E-state index < -0.39 is 10.0 Å². The molecule has 2 aromatic carbocycles. The van der Waals surface area contributed by atoms with Gasteiger partial charge in [0.15, 0.2) is 11.5 Å². The molecule has 0 unspecified atom stereocenters. The summed E-state index contributed by atoms with van der Waals surface area (Å²) in [6, 6.07) is 11.5. The van der Waals surface area contributed by atoms with Crippen LogP contribution in [0.1, 0.15) is 22.8 Å². The minimum absolute atomic E-state index is 0.0980. The second-order valence-corrected chi connectivity index (χ2v) is 8.44. The van der Waals surface area contributed by atoms with Crippen LogP contribution in [0, 0.1) is 0 Å². The van der Waals surface area contributed by atoms with Crippen LogP contribution in [0.15, 0.2) is 47.4 Å². The molecule has 0 fully saturated rings. The second kappa shape index (κ2) is 9.92. The number of nitrogens with zero attached hydrogens (tertiary/aromatic N) is 1. The molecule has 1 N–H and O–H groups in total. The zero-order chi connectivity index (χ0) is 21.6. The number of fused-ring (bicyclic) bond motifs is 1. The average molecular weight is 435 g/mol. The van der Waals surface area contributed by atoms with Crippen molar-refractivity contribution in [2.75, 3.05) is 40.0 Å². The van der Waals surface area contributed by atoms with Crippen molar-refractivity contribution in [2.24, 2.45) is 0 Å². The Balaban J connectivity index is 1.73. The van der Waals surface area contributed by atoms with Crippen LogP contribution in [-0.4, -0.2) is 59.2 Å². The molecule has 2 aromatic rings. The predicted molar refractivity (Wildman–Crippen MR) is 111 cm³/mol. The molecule has 1 aliphatic heterocycles. The van der Waals surface area contributed by atoms with Crippen molar-refractivity contribution < 1.29 is 27.4 Å². The van der Waals surface area contributed by atoms with Crippen LogP contribution in [0.4, 0.5) is 0 Å². The Labute approximate surface area is 176 Å². The fourth-order valence-electron chi connectivity index (χ4n) is 3.11. The number of amides is 1. The molecule has 1 amide bonds. The zero-order valence-electron chi connectivity index (χ0n) is 17.1. The molecule has 0 bridgehead atoms. The standard InChI is InChI=1S/C21H26N2O6S/c1-3-23(15-17-5-4-6-19-20(17)29-14-13-28-19)21(24)16-7-9-18(10-8-16)30(25,26)22-11-12-27-2/h4-10,22H,3,11-15H2,1-2H3. The van der Waals surface area contributed by atoms with E-state index in [-0.39, 0.29) is 24.0 Å². The highest BCUT2D eigenvalue weighted by Crippen LogP contribution is 2.34. The minimum Gasteiger partial charge on any atom is -0.486 e. The van der Waals surface area contributed by atoms with E-state index in [0.29, 0.717) is 43.4 Å². The van der Waals surface area contributed by atoms with Gasteiger partial charge in [0, 0.05) is 37.9 Å². The predicted octanol–water partition coefficient (Wildman–Crippen LogP) is 2.04. The number of rotatable bonds is 9. The lowest BCUT2D eigenvalue weighted by molar-refractivity contribution is 0.0749. The topological polar surface area (TPSA) is 94.2 Å². The van der Waals surface area contributed by atoms with Crippen molar-refractivity contribution in [2.45, 2.75) is 18.4 Å². The molecule has 0 atom stereocenters. The van der Waals surface area contributed by atoms with Gasteiger partial charge in [-0.25, -0.2) is 13.1 Å². The molecule has 0 saturated heterocycles. The van der Waals surface area contributed by atoms with Crippen molar-refractivity contribution in [1.29, 1.82) is 0 Å². The van der Waals surface area contributed by atoms with Crippen molar-refractivity contribution in [1.82, 2.24) is 9.62 Å². The van der Waals surface area contributed by atoms with Crippen molar-refractivity contribution >= 4 is 15.9 Å². The lowest BCUT2D eigenvalue weighted by atomic mass is 10.1. The summed E-state index contributed by atoms with van der Waals surface area (Å²) in [7, 11) is -2.15. The SMILES string of the molecule is CCN(Cc1cccc2c1OCCO2)C(=O)c1ccc(S(=O)(=O)NCCOC)cc1. The monoisotopic (exact) mass is 434 g/mol. The van der Waals surface area contributed by atoms with E-state index in [0.717, 1.165) is 5.56 Å². The normalized spacial score (nSPS) is 13.1. The van der Waals surface area contributed by atoms with E-state index in [2.05, 4.69) is 4.72 Å². The van der Waals surface area contributed by atoms with E-state index in [9.17, 15) is 13.2 Å². The highest BCUT2D eigenvalue weighted by molar-refractivity contribution is 7.89. The quantitative estimate of drug-likeness (QED) is 0.607. The van der Waals surface area contributed by atoms with Crippen molar-refractivity contribution in [3.05, 3.63) is 53.6 Å². The van der Waals surface area contributed by atoms with Gasteiger partial charge in [-0.1, -0.05) is 12.1 Å². The highest BCUT2D eigenvalue weighted by Gasteiger charge is 2.21. The summed E-state index contributed by atoms with van der Waals surface area (Å²) in [6.07, 6.45) is 0. The maximum atomic E-state index is 13.0. The molecular weight excluding hydrogens is 408 g/mol. The Hall–Kier alpha value is -2.62. The van der Waals surface area contributed by atoms with Crippen LogP contribution in [0.3, 0.4) is 0 Å². The Morgan fingerprint density at radius 1 is 1.13 bits per heavy atom. The minimum atomic E-state index is -3.64.